The van der Waals surface area contributed by atoms with Crippen molar-refractivity contribution in [2.75, 3.05) is 19.7 Å². The van der Waals surface area contributed by atoms with Crippen LogP contribution in [-0.4, -0.2) is 42.5 Å². The first-order valence-corrected chi connectivity index (χ1v) is 7.91. The maximum atomic E-state index is 12.3. The summed E-state index contributed by atoms with van der Waals surface area (Å²) in [6, 6.07) is 2.29. The summed E-state index contributed by atoms with van der Waals surface area (Å²) in [4.78, 5) is 15.3. The van der Waals surface area contributed by atoms with Gasteiger partial charge in [0, 0.05) is 17.1 Å². The average molecular weight is 332 g/mol. The third-order valence-electron chi connectivity index (χ3n) is 3.27. The van der Waals surface area contributed by atoms with Crippen molar-refractivity contribution in [3.63, 3.8) is 0 Å². The fourth-order valence-corrected chi connectivity index (χ4v) is 3.76. The molecular weight excluding hydrogens is 314 g/mol. The first-order valence-electron chi connectivity index (χ1n) is 6.23. The second-order valence-corrected chi connectivity index (χ2v) is 6.43. The van der Waals surface area contributed by atoms with E-state index >= 15 is 0 Å². The lowest BCUT2D eigenvalue weighted by Gasteiger charge is -2.37. The van der Waals surface area contributed by atoms with Gasteiger partial charge in [-0.15, -0.1) is 11.3 Å². The molecule has 2 heterocycles. The molecule has 2 rings (SSSR count). The molecule has 3 nitrogen and oxygen atoms in total. The van der Waals surface area contributed by atoms with Gasteiger partial charge in [0.1, 0.15) is 0 Å². The van der Waals surface area contributed by atoms with Gasteiger partial charge in [-0.05, 0) is 40.7 Å². The number of carbonyl (C=O) groups is 1. The molecule has 0 aromatic carbocycles. The molecule has 1 aromatic heterocycles. The standard InChI is InChI=1S/C13H18BrNO2S/c1-3-10-8-17-9(2)6-15(10)7-12(16)13-11(14)4-5-18-13/h4-5,9-10H,3,6-8H2,1-2H3. The number of nitrogens with zero attached hydrogens (tertiary/aromatic N) is 1. The molecule has 1 aliphatic rings. The molecule has 0 amide bonds. The highest BCUT2D eigenvalue weighted by molar-refractivity contribution is 9.10. The summed E-state index contributed by atoms with van der Waals surface area (Å²) < 4.78 is 6.56. The third kappa shape index (κ3) is 3.20. The number of ether oxygens (including phenoxy) is 1. The van der Waals surface area contributed by atoms with E-state index in [1.165, 1.54) is 11.3 Å². The maximum Gasteiger partial charge on any atom is 0.187 e. The summed E-state index contributed by atoms with van der Waals surface area (Å²) in [5.74, 6) is 0.199. The Labute approximate surface area is 120 Å². The first-order chi connectivity index (χ1) is 8.61. The zero-order valence-corrected chi connectivity index (χ0v) is 13.1. The normalized spacial score (nSPS) is 25.3. The molecule has 1 fully saturated rings. The molecule has 0 spiro atoms. The van der Waals surface area contributed by atoms with E-state index in [1.807, 2.05) is 11.4 Å². The molecule has 18 heavy (non-hydrogen) atoms. The quantitative estimate of drug-likeness (QED) is 0.793. The lowest BCUT2D eigenvalue weighted by atomic mass is 10.1. The highest BCUT2D eigenvalue weighted by Crippen LogP contribution is 2.24. The molecule has 0 bridgehead atoms. The highest BCUT2D eigenvalue weighted by atomic mass is 79.9. The zero-order chi connectivity index (χ0) is 13.1. The number of Topliss-reactive ketones (excluding diaryl/α,β-unsaturated/α-hetero) is 1. The molecule has 1 saturated heterocycles. The summed E-state index contributed by atoms with van der Waals surface area (Å²) in [6.07, 6.45) is 1.23. The number of rotatable bonds is 4. The van der Waals surface area contributed by atoms with Crippen molar-refractivity contribution in [2.45, 2.75) is 32.4 Å². The van der Waals surface area contributed by atoms with Gasteiger partial charge in [-0.2, -0.15) is 0 Å². The molecule has 1 aromatic rings. The third-order valence-corrected chi connectivity index (χ3v) is 5.15. The number of morpholine rings is 1. The van der Waals surface area contributed by atoms with Crippen molar-refractivity contribution in [1.82, 2.24) is 4.90 Å². The molecule has 1 aliphatic heterocycles. The molecule has 0 saturated carbocycles. The monoisotopic (exact) mass is 331 g/mol. The van der Waals surface area contributed by atoms with Crippen LogP contribution in [0.3, 0.4) is 0 Å². The summed E-state index contributed by atoms with van der Waals surface area (Å²) in [6.45, 7) is 6.27. The van der Waals surface area contributed by atoms with E-state index in [0.29, 0.717) is 12.6 Å². The van der Waals surface area contributed by atoms with Crippen molar-refractivity contribution in [3.05, 3.63) is 20.8 Å². The fourth-order valence-electron chi connectivity index (χ4n) is 2.23. The Morgan fingerprint density at radius 2 is 2.44 bits per heavy atom. The molecule has 0 radical (unpaired) electrons. The van der Waals surface area contributed by atoms with Gasteiger partial charge in [0.25, 0.3) is 0 Å². The molecule has 2 unspecified atom stereocenters. The van der Waals surface area contributed by atoms with Gasteiger partial charge in [-0.1, -0.05) is 6.92 Å². The largest absolute Gasteiger partial charge is 0.376 e. The van der Waals surface area contributed by atoms with E-state index in [4.69, 9.17) is 4.74 Å². The van der Waals surface area contributed by atoms with Gasteiger partial charge in [0.2, 0.25) is 0 Å². The Hall–Kier alpha value is -0.230. The van der Waals surface area contributed by atoms with Crippen molar-refractivity contribution >= 4 is 33.0 Å². The Morgan fingerprint density at radius 1 is 1.67 bits per heavy atom. The second-order valence-electron chi connectivity index (χ2n) is 4.66. The number of hydrogen-bond acceptors (Lipinski definition) is 4. The van der Waals surface area contributed by atoms with Gasteiger partial charge in [-0.25, -0.2) is 0 Å². The predicted octanol–water partition coefficient (Wildman–Crippen LogP) is 3.19. The van der Waals surface area contributed by atoms with Crippen molar-refractivity contribution < 1.29 is 9.53 Å². The number of carbonyl (C=O) groups excluding carboxylic acids is 1. The van der Waals surface area contributed by atoms with Crippen LogP contribution in [0.5, 0.6) is 0 Å². The van der Waals surface area contributed by atoms with Gasteiger partial charge in [0.15, 0.2) is 5.78 Å². The lowest BCUT2D eigenvalue weighted by molar-refractivity contribution is -0.0523. The van der Waals surface area contributed by atoms with Crippen LogP contribution in [-0.2, 0) is 4.74 Å². The predicted molar refractivity (Wildman–Crippen MR) is 77.4 cm³/mol. The van der Waals surface area contributed by atoms with E-state index in [1.54, 1.807) is 0 Å². The van der Waals surface area contributed by atoms with Gasteiger partial charge >= 0.3 is 0 Å². The van der Waals surface area contributed by atoms with Crippen molar-refractivity contribution in [1.29, 1.82) is 0 Å². The summed E-state index contributed by atoms with van der Waals surface area (Å²) in [7, 11) is 0. The summed E-state index contributed by atoms with van der Waals surface area (Å²) in [5.41, 5.74) is 0. The topological polar surface area (TPSA) is 29.5 Å². The smallest absolute Gasteiger partial charge is 0.187 e. The average Bonchev–Trinajstić information content (AvgIpc) is 2.76. The van der Waals surface area contributed by atoms with Crippen LogP contribution in [0.2, 0.25) is 0 Å². The number of hydrogen-bond donors (Lipinski definition) is 0. The zero-order valence-electron chi connectivity index (χ0n) is 10.7. The lowest BCUT2D eigenvalue weighted by Crippen LogP contribution is -2.50. The minimum atomic E-state index is 0.199. The molecule has 0 N–H and O–H groups in total. The van der Waals surface area contributed by atoms with E-state index < -0.39 is 0 Å². The minimum Gasteiger partial charge on any atom is -0.376 e. The van der Waals surface area contributed by atoms with E-state index in [2.05, 4.69) is 34.7 Å². The van der Waals surface area contributed by atoms with Crippen LogP contribution in [0.4, 0.5) is 0 Å². The SMILES string of the molecule is CCC1COC(C)CN1CC(=O)c1sccc1Br. The van der Waals surface area contributed by atoms with Crippen LogP contribution < -0.4 is 0 Å². The fraction of sp³-hybridized carbons (Fsp3) is 0.615. The van der Waals surface area contributed by atoms with Crippen LogP contribution in [0.15, 0.2) is 15.9 Å². The summed E-state index contributed by atoms with van der Waals surface area (Å²) >= 11 is 4.92. The summed E-state index contributed by atoms with van der Waals surface area (Å²) in [5, 5.41) is 1.94. The van der Waals surface area contributed by atoms with Crippen LogP contribution in [0.25, 0.3) is 0 Å². The Balaban J connectivity index is 2.03. The van der Waals surface area contributed by atoms with Gasteiger partial charge in [0.05, 0.1) is 24.1 Å². The van der Waals surface area contributed by atoms with Crippen molar-refractivity contribution in [3.8, 4) is 0 Å². The van der Waals surface area contributed by atoms with Gasteiger partial charge < -0.3 is 4.74 Å². The van der Waals surface area contributed by atoms with Crippen LogP contribution in [0.1, 0.15) is 29.9 Å². The minimum absolute atomic E-state index is 0.199. The molecule has 2 atom stereocenters. The van der Waals surface area contributed by atoms with Crippen molar-refractivity contribution in [2.24, 2.45) is 0 Å². The van der Waals surface area contributed by atoms with E-state index in [9.17, 15) is 4.79 Å². The number of halogens is 1. The molecular formula is C13H18BrNO2S. The second kappa shape index (κ2) is 6.28. The molecule has 0 aliphatic carbocycles. The van der Waals surface area contributed by atoms with E-state index in [0.717, 1.165) is 28.9 Å². The Kier molecular flexibility index (Phi) is 4.95. The van der Waals surface area contributed by atoms with Gasteiger partial charge in [-0.3, -0.25) is 9.69 Å². The van der Waals surface area contributed by atoms with Crippen LogP contribution >= 0.6 is 27.3 Å². The molecule has 100 valence electrons. The molecule has 5 heteroatoms. The maximum absolute atomic E-state index is 12.3. The Morgan fingerprint density at radius 3 is 3.06 bits per heavy atom. The first kappa shape index (κ1) is 14.2. The number of ketones is 1. The number of thiophene rings is 1. The Bertz CT molecular complexity index is 421. The van der Waals surface area contributed by atoms with Crippen LogP contribution in [0, 0.1) is 0 Å². The highest BCUT2D eigenvalue weighted by Gasteiger charge is 2.27. The van der Waals surface area contributed by atoms with E-state index in [-0.39, 0.29) is 11.9 Å².